The van der Waals surface area contributed by atoms with Gasteiger partial charge in [-0.15, -0.1) is 0 Å². The monoisotopic (exact) mass is 208 g/mol. The summed E-state index contributed by atoms with van der Waals surface area (Å²) in [6.45, 7) is 2.63. The van der Waals surface area contributed by atoms with Crippen molar-refractivity contribution in [1.82, 2.24) is 10.6 Å². The molecule has 0 radical (unpaired) electrons. The second-order valence-electron chi connectivity index (χ2n) is 3.21. The first kappa shape index (κ1) is 11.3. The number of alkyl halides is 2. The minimum absolute atomic E-state index is 0.238. The number of hydrogen-bond acceptors (Lipinski definition) is 3. The predicted octanol–water partition coefficient (Wildman–Crippen LogP) is -0.255. The topological polar surface area (TPSA) is 50.4 Å². The molecule has 1 aliphatic heterocycles. The first-order valence-electron chi connectivity index (χ1n) is 4.51. The third-order valence-corrected chi connectivity index (χ3v) is 1.99. The van der Waals surface area contributed by atoms with Crippen LogP contribution in [-0.4, -0.2) is 44.2 Å². The van der Waals surface area contributed by atoms with Crippen molar-refractivity contribution < 1.29 is 18.3 Å². The van der Waals surface area contributed by atoms with E-state index in [-0.39, 0.29) is 6.61 Å². The molecule has 0 aliphatic carbocycles. The van der Waals surface area contributed by atoms with Crippen molar-refractivity contribution in [2.75, 3.05) is 19.8 Å². The molecule has 2 atom stereocenters. The Labute approximate surface area is 81.0 Å². The van der Waals surface area contributed by atoms with Crippen LogP contribution in [0, 0.1) is 0 Å². The fourth-order valence-corrected chi connectivity index (χ4v) is 1.12. The second-order valence-corrected chi connectivity index (χ2v) is 3.21. The number of ether oxygens (including phenoxy) is 1. The molecule has 0 saturated carbocycles. The van der Waals surface area contributed by atoms with Crippen LogP contribution in [0.4, 0.5) is 8.78 Å². The molecule has 2 unspecified atom stereocenters. The Morgan fingerprint density at radius 1 is 1.64 bits per heavy atom. The molecule has 0 aromatic rings. The molecule has 1 saturated heterocycles. The minimum Gasteiger partial charge on any atom is -0.378 e. The normalized spacial score (nSPS) is 24.7. The van der Waals surface area contributed by atoms with Crippen molar-refractivity contribution in [2.45, 2.75) is 25.4 Å². The molecule has 1 fully saturated rings. The zero-order valence-electron chi connectivity index (χ0n) is 7.93. The maximum Gasteiger partial charge on any atom is 0.258 e. The third-order valence-electron chi connectivity index (χ3n) is 1.99. The summed E-state index contributed by atoms with van der Waals surface area (Å²) in [5.41, 5.74) is 0. The van der Waals surface area contributed by atoms with Gasteiger partial charge in [0.15, 0.2) is 0 Å². The van der Waals surface area contributed by atoms with Gasteiger partial charge in [0, 0.05) is 6.54 Å². The van der Waals surface area contributed by atoms with Gasteiger partial charge in [0.05, 0.1) is 19.3 Å². The van der Waals surface area contributed by atoms with Gasteiger partial charge in [-0.3, -0.25) is 4.79 Å². The van der Waals surface area contributed by atoms with E-state index >= 15 is 0 Å². The van der Waals surface area contributed by atoms with Gasteiger partial charge in [-0.05, 0) is 6.92 Å². The van der Waals surface area contributed by atoms with Crippen LogP contribution in [0.2, 0.25) is 0 Å². The van der Waals surface area contributed by atoms with Crippen molar-refractivity contribution in [1.29, 1.82) is 0 Å². The van der Waals surface area contributed by atoms with E-state index in [1.54, 1.807) is 0 Å². The molecule has 1 amide bonds. The van der Waals surface area contributed by atoms with Crippen molar-refractivity contribution in [3.05, 3.63) is 0 Å². The van der Waals surface area contributed by atoms with E-state index in [9.17, 15) is 13.6 Å². The molecule has 0 spiro atoms. The number of halogens is 2. The molecule has 1 heterocycles. The van der Waals surface area contributed by atoms with Crippen molar-refractivity contribution in [3.63, 3.8) is 0 Å². The third kappa shape index (κ3) is 3.19. The summed E-state index contributed by atoms with van der Waals surface area (Å²) in [4.78, 5) is 11.3. The number of rotatable bonds is 3. The quantitative estimate of drug-likeness (QED) is 0.672. The van der Waals surface area contributed by atoms with E-state index in [0.717, 1.165) is 0 Å². The standard InChI is InChI=1S/C8H14F2N2O2/c1-5(7(9)10)12-8(13)6-4-14-3-2-11-6/h5-7,11H,2-4H2,1H3,(H,12,13). The molecular weight excluding hydrogens is 194 g/mol. The first-order chi connectivity index (χ1) is 6.61. The van der Waals surface area contributed by atoms with Crippen LogP contribution in [0.5, 0.6) is 0 Å². The Kier molecular flexibility index (Phi) is 4.21. The summed E-state index contributed by atoms with van der Waals surface area (Å²) >= 11 is 0. The average Bonchev–Trinajstić information content (AvgIpc) is 2.19. The van der Waals surface area contributed by atoms with E-state index in [1.165, 1.54) is 6.92 Å². The number of amides is 1. The maximum absolute atomic E-state index is 12.1. The second kappa shape index (κ2) is 5.21. The summed E-state index contributed by atoms with van der Waals surface area (Å²) in [6, 6.07) is -1.63. The van der Waals surface area contributed by atoms with Crippen LogP contribution in [0.25, 0.3) is 0 Å². The van der Waals surface area contributed by atoms with E-state index in [4.69, 9.17) is 4.74 Å². The molecule has 2 N–H and O–H groups in total. The molecule has 4 nitrogen and oxygen atoms in total. The number of carbonyl (C=O) groups is 1. The first-order valence-corrected chi connectivity index (χ1v) is 4.51. The number of carbonyl (C=O) groups excluding carboxylic acids is 1. The summed E-state index contributed by atoms with van der Waals surface area (Å²) in [7, 11) is 0. The van der Waals surface area contributed by atoms with Crippen molar-refractivity contribution in [3.8, 4) is 0 Å². The largest absolute Gasteiger partial charge is 0.378 e. The van der Waals surface area contributed by atoms with Gasteiger partial charge >= 0.3 is 0 Å². The summed E-state index contributed by atoms with van der Waals surface area (Å²) < 4.78 is 29.2. The Hall–Kier alpha value is -0.750. The molecule has 82 valence electrons. The highest BCUT2D eigenvalue weighted by Gasteiger charge is 2.24. The van der Waals surface area contributed by atoms with Crippen LogP contribution in [-0.2, 0) is 9.53 Å². The highest BCUT2D eigenvalue weighted by Crippen LogP contribution is 2.01. The molecule has 0 aromatic heterocycles. The maximum atomic E-state index is 12.1. The van der Waals surface area contributed by atoms with Crippen LogP contribution in [0.1, 0.15) is 6.92 Å². The lowest BCUT2D eigenvalue weighted by Gasteiger charge is -2.24. The molecule has 0 aromatic carbocycles. The Morgan fingerprint density at radius 2 is 2.36 bits per heavy atom. The smallest absolute Gasteiger partial charge is 0.258 e. The van der Waals surface area contributed by atoms with Crippen molar-refractivity contribution in [2.24, 2.45) is 0 Å². The lowest BCUT2D eigenvalue weighted by Crippen LogP contribution is -2.53. The molecule has 1 aliphatic rings. The Balaban J connectivity index is 2.33. The fourth-order valence-electron chi connectivity index (χ4n) is 1.12. The van der Waals surface area contributed by atoms with E-state index in [0.29, 0.717) is 13.2 Å². The Morgan fingerprint density at radius 3 is 2.86 bits per heavy atom. The highest BCUT2D eigenvalue weighted by molar-refractivity contribution is 5.82. The molecule has 1 rings (SSSR count). The number of nitrogens with one attached hydrogen (secondary N) is 2. The van der Waals surface area contributed by atoms with Gasteiger partial charge in [-0.1, -0.05) is 0 Å². The van der Waals surface area contributed by atoms with Crippen LogP contribution in [0.15, 0.2) is 0 Å². The lowest BCUT2D eigenvalue weighted by molar-refractivity contribution is -0.127. The molecule has 6 heteroatoms. The number of morpholine rings is 1. The van der Waals surface area contributed by atoms with Crippen LogP contribution < -0.4 is 10.6 Å². The van der Waals surface area contributed by atoms with Gasteiger partial charge in [-0.25, -0.2) is 8.78 Å². The highest BCUT2D eigenvalue weighted by atomic mass is 19.3. The summed E-state index contributed by atoms with van der Waals surface area (Å²) in [6.07, 6.45) is -2.54. The predicted molar refractivity (Wildman–Crippen MR) is 46.2 cm³/mol. The van der Waals surface area contributed by atoms with Crippen LogP contribution >= 0.6 is 0 Å². The molecular formula is C8H14F2N2O2. The molecule has 0 bridgehead atoms. The average molecular weight is 208 g/mol. The zero-order valence-corrected chi connectivity index (χ0v) is 7.93. The van der Waals surface area contributed by atoms with Crippen LogP contribution in [0.3, 0.4) is 0 Å². The van der Waals surface area contributed by atoms with Gasteiger partial charge in [-0.2, -0.15) is 0 Å². The summed E-state index contributed by atoms with van der Waals surface area (Å²) in [5.74, 6) is -0.433. The van der Waals surface area contributed by atoms with Crippen molar-refractivity contribution >= 4 is 5.91 Å². The number of hydrogen-bond donors (Lipinski definition) is 2. The van der Waals surface area contributed by atoms with Gasteiger partial charge < -0.3 is 15.4 Å². The van der Waals surface area contributed by atoms with E-state index in [2.05, 4.69) is 10.6 Å². The van der Waals surface area contributed by atoms with Gasteiger partial charge in [0.1, 0.15) is 6.04 Å². The minimum atomic E-state index is -2.54. The SMILES string of the molecule is CC(NC(=O)C1COCCN1)C(F)F. The molecule has 14 heavy (non-hydrogen) atoms. The summed E-state index contributed by atoms with van der Waals surface area (Å²) in [5, 5.41) is 5.10. The fraction of sp³-hybridized carbons (Fsp3) is 0.875. The zero-order chi connectivity index (χ0) is 10.6. The van der Waals surface area contributed by atoms with E-state index < -0.39 is 24.4 Å². The van der Waals surface area contributed by atoms with E-state index in [1.807, 2.05) is 0 Å². The Bertz CT molecular complexity index is 196. The lowest BCUT2D eigenvalue weighted by atomic mass is 10.2. The van der Waals surface area contributed by atoms with Gasteiger partial charge in [0.25, 0.3) is 6.43 Å². The van der Waals surface area contributed by atoms with Gasteiger partial charge in [0.2, 0.25) is 5.91 Å².